The molecule has 0 rings (SSSR count). The summed E-state index contributed by atoms with van der Waals surface area (Å²) in [7, 11) is -8.67. The van der Waals surface area contributed by atoms with Crippen LogP contribution in [0.5, 0.6) is 0 Å². The van der Waals surface area contributed by atoms with Crippen molar-refractivity contribution in [1.29, 1.82) is 0 Å². The molecule has 0 aliphatic carbocycles. The molecule has 0 saturated carbocycles. The van der Waals surface area contributed by atoms with Crippen molar-refractivity contribution < 1.29 is 33.4 Å². The fourth-order valence-electron chi connectivity index (χ4n) is 1.15. The maximum atomic E-state index is 10.8. The molecular weight excluding hydrogens is 272 g/mol. The van der Waals surface area contributed by atoms with Gasteiger partial charge in [-0.05, 0) is 6.42 Å². The molecule has 0 aliphatic heterocycles. The second kappa shape index (κ2) is 7.61. The summed E-state index contributed by atoms with van der Waals surface area (Å²) in [6.45, 7) is 2.65. The Hall–Kier alpha value is 0.220. The highest BCUT2D eigenvalue weighted by Crippen LogP contribution is 2.40. The number of ether oxygens (including phenoxy) is 1. The van der Waals surface area contributed by atoms with Gasteiger partial charge in [-0.15, -0.1) is 0 Å². The summed E-state index contributed by atoms with van der Waals surface area (Å²) < 4.78 is 26.6. The molecule has 0 fully saturated rings. The summed E-state index contributed by atoms with van der Waals surface area (Å²) in [4.78, 5) is 36.1. The highest BCUT2D eigenvalue weighted by Gasteiger charge is 2.25. The maximum absolute atomic E-state index is 10.8. The summed E-state index contributed by atoms with van der Waals surface area (Å²) in [5.74, 6) is 0. The number of hydrogen-bond donors (Lipinski definition) is 4. The SMILES string of the molecule is CCCOCCN(CP(=O)(O)O)CP(=O)(O)O. The lowest BCUT2D eigenvalue weighted by atomic mass is 10.5. The maximum Gasteiger partial charge on any atom is 0.339 e. The second-order valence-corrected chi connectivity index (χ2v) is 6.84. The van der Waals surface area contributed by atoms with Crippen molar-refractivity contribution in [3.8, 4) is 0 Å². The van der Waals surface area contributed by atoms with Crippen molar-refractivity contribution in [2.45, 2.75) is 13.3 Å². The van der Waals surface area contributed by atoms with Crippen molar-refractivity contribution in [1.82, 2.24) is 4.90 Å². The van der Waals surface area contributed by atoms with Crippen molar-refractivity contribution in [2.75, 3.05) is 32.3 Å². The van der Waals surface area contributed by atoms with Gasteiger partial charge >= 0.3 is 15.2 Å². The minimum absolute atomic E-state index is 0.0657. The summed E-state index contributed by atoms with van der Waals surface area (Å²) in [6.07, 6.45) is -0.571. The van der Waals surface area contributed by atoms with E-state index < -0.39 is 27.8 Å². The smallest absolute Gasteiger partial charge is 0.339 e. The van der Waals surface area contributed by atoms with Gasteiger partial charge in [-0.3, -0.25) is 14.0 Å². The number of nitrogens with zero attached hydrogens (tertiary/aromatic N) is 1. The van der Waals surface area contributed by atoms with Gasteiger partial charge < -0.3 is 24.3 Å². The van der Waals surface area contributed by atoms with Crippen molar-refractivity contribution in [2.24, 2.45) is 0 Å². The molecule has 0 aromatic rings. The lowest BCUT2D eigenvalue weighted by Crippen LogP contribution is -2.30. The first-order chi connectivity index (χ1) is 7.64. The molecule has 0 radical (unpaired) electrons. The average Bonchev–Trinajstić information content (AvgIpc) is 2.06. The Morgan fingerprint density at radius 2 is 1.47 bits per heavy atom. The molecule has 0 aromatic carbocycles. The third-order valence-electron chi connectivity index (χ3n) is 1.67. The van der Waals surface area contributed by atoms with Crippen LogP contribution < -0.4 is 0 Å². The van der Waals surface area contributed by atoms with Crippen LogP contribution in [0.3, 0.4) is 0 Å². The van der Waals surface area contributed by atoms with Crippen LogP contribution in [-0.2, 0) is 13.9 Å². The van der Waals surface area contributed by atoms with E-state index >= 15 is 0 Å². The first kappa shape index (κ1) is 17.2. The highest BCUT2D eigenvalue weighted by atomic mass is 31.2. The quantitative estimate of drug-likeness (QED) is 0.345. The van der Waals surface area contributed by atoms with Gasteiger partial charge in [0.2, 0.25) is 0 Å². The molecule has 10 heteroatoms. The number of hydrogen-bond acceptors (Lipinski definition) is 4. The molecule has 8 nitrogen and oxygen atoms in total. The van der Waals surface area contributed by atoms with Gasteiger partial charge in [0.1, 0.15) is 12.6 Å². The van der Waals surface area contributed by atoms with Gasteiger partial charge in [0.15, 0.2) is 0 Å². The Kier molecular flexibility index (Phi) is 7.71. The second-order valence-electron chi connectivity index (χ2n) is 3.62. The van der Waals surface area contributed by atoms with Gasteiger partial charge in [-0.25, -0.2) is 0 Å². The molecule has 0 spiro atoms. The van der Waals surface area contributed by atoms with Crippen LogP contribution in [-0.4, -0.2) is 56.8 Å². The van der Waals surface area contributed by atoms with E-state index in [0.717, 1.165) is 11.3 Å². The predicted molar refractivity (Wildman–Crippen MR) is 61.6 cm³/mol. The van der Waals surface area contributed by atoms with Crippen LogP contribution in [0.15, 0.2) is 0 Å². The Labute approximate surface area is 99.9 Å². The van der Waals surface area contributed by atoms with Crippen LogP contribution in [0.1, 0.15) is 13.3 Å². The van der Waals surface area contributed by atoms with E-state index in [1.807, 2.05) is 6.92 Å². The zero-order valence-electron chi connectivity index (χ0n) is 9.60. The van der Waals surface area contributed by atoms with E-state index in [1.165, 1.54) is 0 Å². The van der Waals surface area contributed by atoms with Crippen LogP contribution in [0.4, 0.5) is 0 Å². The van der Waals surface area contributed by atoms with Gasteiger partial charge in [0.05, 0.1) is 6.61 Å². The molecule has 0 bridgehead atoms. The average molecular weight is 291 g/mol. The van der Waals surface area contributed by atoms with Crippen molar-refractivity contribution in [3.63, 3.8) is 0 Å². The molecule has 0 unspecified atom stereocenters. The van der Waals surface area contributed by atoms with Crippen LogP contribution in [0.25, 0.3) is 0 Å². The summed E-state index contributed by atoms with van der Waals surface area (Å²) in [5, 5.41) is 0. The standard InChI is InChI=1S/C7H19NO7P2/c1-2-4-15-5-3-8(6-16(9,10)11)7-17(12,13)14/h2-7H2,1H3,(H2,9,10,11)(H2,12,13,14). The van der Waals surface area contributed by atoms with Crippen molar-refractivity contribution >= 4 is 15.2 Å². The lowest BCUT2D eigenvalue weighted by molar-refractivity contribution is 0.111. The third kappa shape index (κ3) is 12.5. The topological polar surface area (TPSA) is 128 Å². The van der Waals surface area contributed by atoms with Gasteiger partial charge in [-0.2, -0.15) is 0 Å². The zero-order valence-corrected chi connectivity index (χ0v) is 11.4. The fraction of sp³-hybridized carbons (Fsp3) is 1.00. The molecule has 0 aromatic heterocycles. The molecular formula is C7H19NO7P2. The van der Waals surface area contributed by atoms with Gasteiger partial charge in [0.25, 0.3) is 0 Å². The Morgan fingerprint density at radius 3 is 1.82 bits per heavy atom. The molecule has 4 N–H and O–H groups in total. The van der Waals surface area contributed by atoms with E-state index in [4.69, 9.17) is 24.3 Å². The fourth-order valence-corrected chi connectivity index (χ4v) is 2.83. The van der Waals surface area contributed by atoms with Crippen molar-refractivity contribution in [3.05, 3.63) is 0 Å². The first-order valence-corrected chi connectivity index (χ1v) is 8.63. The molecule has 0 saturated heterocycles. The minimum Gasteiger partial charge on any atom is -0.380 e. The lowest BCUT2D eigenvalue weighted by Gasteiger charge is -2.22. The summed E-state index contributed by atoms with van der Waals surface area (Å²) >= 11 is 0. The van der Waals surface area contributed by atoms with Crippen LogP contribution in [0, 0.1) is 0 Å². The molecule has 17 heavy (non-hydrogen) atoms. The van der Waals surface area contributed by atoms with Gasteiger partial charge in [-0.1, -0.05) is 6.92 Å². The summed E-state index contributed by atoms with van der Waals surface area (Å²) in [5.41, 5.74) is 0. The Morgan fingerprint density at radius 1 is 1.00 bits per heavy atom. The van der Waals surface area contributed by atoms with E-state index in [9.17, 15) is 9.13 Å². The van der Waals surface area contributed by atoms with E-state index in [-0.39, 0.29) is 13.2 Å². The molecule has 0 heterocycles. The normalized spacial score (nSPS) is 13.3. The Balaban J connectivity index is 4.21. The molecule has 104 valence electrons. The van der Waals surface area contributed by atoms with Crippen LogP contribution in [0.2, 0.25) is 0 Å². The summed E-state index contributed by atoms with van der Waals surface area (Å²) in [6, 6.07) is 0. The predicted octanol–water partition coefficient (Wildman–Crippen LogP) is -0.0146. The Bertz CT molecular complexity index is 275. The van der Waals surface area contributed by atoms with E-state index in [2.05, 4.69) is 0 Å². The zero-order chi connectivity index (χ0) is 13.5. The molecule has 0 amide bonds. The third-order valence-corrected chi connectivity index (χ3v) is 3.21. The molecule has 0 aliphatic rings. The first-order valence-electron chi connectivity index (χ1n) is 5.03. The van der Waals surface area contributed by atoms with E-state index in [1.54, 1.807) is 0 Å². The molecule has 0 atom stereocenters. The van der Waals surface area contributed by atoms with Crippen LogP contribution >= 0.6 is 15.2 Å². The van der Waals surface area contributed by atoms with Gasteiger partial charge in [0, 0.05) is 13.2 Å². The minimum atomic E-state index is -4.34. The van der Waals surface area contributed by atoms with E-state index in [0.29, 0.717) is 6.61 Å². The highest BCUT2D eigenvalue weighted by molar-refractivity contribution is 7.52. The number of rotatable bonds is 9. The largest absolute Gasteiger partial charge is 0.380 e. The monoisotopic (exact) mass is 291 g/mol.